The summed E-state index contributed by atoms with van der Waals surface area (Å²) < 4.78 is 0. The second-order valence-electron chi connectivity index (χ2n) is 3.82. The fraction of sp³-hybridized carbons (Fsp3) is 1.00. The van der Waals surface area contributed by atoms with Gasteiger partial charge in [-0.05, 0) is 31.7 Å². The number of hydrogen-bond donors (Lipinski definition) is 1. The number of nitrogens with zero attached hydrogens (tertiary/aromatic N) is 1. The number of piperidine rings is 1. The van der Waals surface area contributed by atoms with Gasteiger partial charge in [0.1, 0.15) is 0 Å². The Morgan fingerprint density at radius 3 is 2.75 bits per heavy atom. The first-order chi connectivity index (χ1) is 5.77. The quantitative estimate of drug-likeness (QED) is 0.695. The van der Waals surface area contributed by atoms with E-state index in [1.54, 1.807) is 0 Å². The van der Waals surface area contributed by atoms with Gasteiger partial charge < -0.3 is 10.0 Å². The van der Waals surface area contributed by atoms with E-state index in [9.17, 15) is 5.11 Å². The average molecular weight is 171 g/mol. The molecule has 0 bridgehead atoms. The predicted octanol–water partition coefficient (Wildman–Crippen LogP) is 1.49. The molecule has 1 heterocycles. The van der Waals surface area contributed by atoms with Crippen LogP contribution in [0.25, 0.3) is 0 Å². The third-order valence-electron chi connectivity index (χ3n) is 2.84. The van der Waals surface area contributed by atoms with E-state index in [1.165, 1.54) is 13.0 Å². The van der Waals surface area contributed by atoms with Crippen molar-refractivity contribution >= 4 is 0 Å². The summed E-state index contributed by atoms with van der Waals surface area (Å²) in [5.41, 5.74) is 0. The summed E-state index contributed by atoms with van der Waals surface area (Å²) in [6.07, 6.45) is 3.27. The molecule has 0 saturated carbocycles. The van der Waals surface area contributed by atoms with E-state index in [0.717, 1.165) is 25.9 Å². The number of aliphatic hydroxyl groups excluding tert-OH is 1. The highest BCUT2D eigenvalue weighted by molar-refractivity contribution is 4.78. The van der Waals surface area contributed by atoms with E-state index in [2.05, 4.69) is 18.7 Å². The minimum atomic E-state index is -0.0388. The highest BCUT2D eigenvalue weighted by Gasteiger charge is 2.25. The summed E-state index contributed by atoms with van der Waals surface area (Å²) in [7, 11) is 0. The van der Waals surface area contributed by atoms with Crippen molar-refractivity contribution in [3.05, 3.63) is 0 Å². The van der Waals surface area contributed by atoms with Gasteiger partial charge in [-0.15, -0.1) is 0 Å². The van der Waals surface area contributed by atoms with Crippen LogP contribution in [-0.4, -0.2) is 35.7 Å². The first-order valence-electron chi connectivity index (χ1n) is 5.18. The first-order valence-corrected chi connectivity index (χ1v) is 5.18. The molecular weight excluding hydrogens is 150 g/mol. The van der Waals surface area contributed by atoms with Gasteiger partial charge in [-0.25, -0.2) is 0 Å². The van der Waals surface area contributed by atoms with Crippen molar-refractivity contribution < 1.29 is 5.11 Å². The van der Waals surface area contributed by atoms with Gasteiger partial charge in [0.2, 0.25) is 0 Å². The molecule has 0 radical (unpaired) electrons. The van der Waals surface area contributed by atoms with Crippen molar-refractivity contribution in [1.29, 1.82) is 0 Å². The second-order valence-corrected chi connectivity index (χ2v) is 3.82. The molecule has 1 aliphatic rings. The van der Waals surface area contributed by atoms with Crippen molar-refractivity contribution in [1.82, 2.24) is 4.90 Å². The van der Waals surface area contributed by atoms with Crippen LogP contribution < -0.4 is 0 Å². The lowest BCUT2D eigenvalue weighted by Gasteiger charge is -2.35. The van der Waals surface area contributed by atoms with Crippen molar-refractivity contribution in [2.24, 2.45) is 5.92 Å². The normalized spacial score (nSPS) is 32.2. The van der Waals surface area contributed by atoms with Crippen LogP contribution in [0.1, 0.15) is 33.1 Å². The standard InChI is InChI=1S/C10H21NO/c1-3-6-11-7-5-10(12)9(4-2)8-11/h9-10,12H,3-8H2,1-2H3/t9-,10+/m0/s1. The smallest absolute Gasteiger partial charge is 0.0592 e. The Morgan fingerprint density at radius 1 is 1.42 bits per heavy atom. The molecule has 0 amide bonds. The van der Waals surface area contributed by atoms with E-state index in [4.69, 9.17) is 0 Å². The molecule has 0 aromatic carbocycles. The molecule has 2 nitrogen and oxygen atoms in total. The Hall–Kier alpha value is -0.0800. The molecule has 1 fully saturated rings. The van der Waals surface area contributed by atoms with Crippen molar-refractivity contribution in [2.45, 2.75) is 39.2 Å². The Labute approximate surface area is 75.6 Å². The van der Waals surface area contributed by atoms with E-state index in [-0.39, 0.29) is 6.10 Å². The minimum Gasteiger partial charge on any atom is -0.393 e. The number of likely N-dealkylation sites (tertiary alicyclic amines) is 1. The summed E-state index contributed by atoms with van der Waals surface area (Å²) in [5.74, 6) is 0.519. The van der Waals surface area contributed by atoms with Gasteiger partial charge in [0.25, 0.3) is 0 Å². The Balaban J connectivity index is 2.33. The number of aliphatic hydroxyl groups is 1. The van der Waals surface area contributed by atoms with E-state index < -0.39 is 0 Å². The Morgan fingerprint density at radius 2 is 2.17 bits per heavy atom. The molecule has 1 rings (SSSR count). The maximum atomic E-state index is 9.63. The third-order valence-corrected chi connectivity index (χ3v) is 2.84. The monoisotopic (exact) mass is 171 g/mol. The molecule has 2 heteroatoms. The lowest BCUT2D eigenvalue weighted by atomic mass is 9.92. The van der Waals surface area contributed by atoms with Gasteiger partial charge in [-0.2, -0.15) is 0 Å². The molecule has 0 aromatic heterocycles. The van der Waals surface area contributed by atoms with Crippen LogP contribution in [0.4, 0.5) is 0 Å². The third kappa shape index (κ3) is 2.46. The van der Waals surface area contributed by atoms with Gasteiger partial charge in [0.15, 0.2) is 0 Å². The van der Waals surface area contributed by atoms with Crippen LogP contribution in [0.3, 0.4) is 0 Å². The van der Waals surface area contributed by atoms with Gasteiger partial charge in [0.05, 0.1) is 6.10 Å². The van der Waals surface area contributed by atoms with Crippen LogP contribution in [0, 0.1) is 5.92 Å². The van der Waals surface area contributed by atoms with Crippen LogP contribution in [0.2, 0.25) is 0 Å². The zero-order valence-electron chi connectivity index (χ0n) is 8.29. The lowest BCUT2D eigenvalue weighted by Crippen LogP contribution is -2.43. The Bertz CT molecular complexity index is 127. The number of hydrogen-bond acceptors (Lipinski definition) is 2. The molecule has 1 N–H and O–H groups in total. The van der Waals surface area contributed by atoms with Crippen molar-refractivity contribution in [2.75, 3.05) is 19.6 Å². The highest BCUT2D eigenvalue weighted by Crippen LogP contribution is 2.19. The van der Waals surface area contributed by atoms with E-state index in [1.807, 2.05) is 0 Å². The fourth-order valence-corrected chi connectivity index (χ4v) is 2.02. The van der Waals surface area contributed by atoms with E-state index in [0.29, 0.717) is 5.92 Å². The van der Waals surface area contributed by atoms with Crippen molar-refractivity contribution in [3.8, 4) is 0 Å². The highest BCUT2D eigenvalue weighted by atomic mass is 16.3. The van der Waals surface area contributed by atoms with Gasteiger partial charge in [-0.1, -0.05) is 13.8 Å². The second kappa shape index (κ2) is 4.83. The maximum absolute atomic E-state index is 9.63. The summed E-state index contributed by atoms with van der Waals surface area (Å²) >= 11 is 0. The van der Waals surface area contributed by atoms with Crippen LogP contribution in [-0.2, 0) is 0 Å². The van der Waals surface area contributed by atoms with Crippen molar-refractivity contribution in [3.63, 3.8) is 0 Å². The van der Waals surface area contributed by atoms with Crippen LogP contribution in [0.15, 0.2) is 0 Å². The lowest BCUT2D eigenvalue weighted by molar-refractivity contribution is 0.0253. The SMILES string of the molecule is CCCN1CC[C@@H](O)[C@@H](CC)C1. The molecule has 0 spiro atoms. The van der Waals surface area contributed by atoms with Crippen LogP contribution in [0.5, 0.6) is 0 Å². The summed E-state index contributed by atoms with van der Waals surface area (Å²) in [5, 5.41) is 9.63. The van der Waals surface area contributed by atoms with Crippen LogP contribution >= 0.6 is 0 Å². The van der Waals surface area contributed by atoms with Gasteiger partial charge in [0, 0.05) is 13.1 Å². The largest absolute Gasteiger partial charge is 0.393 e. The summed E-state index contributed by atoms with van der Waals surface area (Å²) in [6, 6.07) is 0. The van der Waals surface area contributed by atoms with Gasteiger partial charge >= 0.3 is 0 Å². The molecule has 12 heavy (non-hydrogen) atoms. The Kier molecular flexibility index (Phi) is 4.02. The fourth-order valence-electron chi connectivity index (χ4n) is 2.02. The zero-order chi connectivity index (χ0) is 8.97. The molecule has 1 aliphatic heterocycles. The summed E-state index contributed by atoms with van der Waals surface area (Å²) in [4.78, 5) is 2.47. The molecule has 72 valence electrons. The molecule has 1 saturated heterocycles. The predicted molar refractivity (Wildman–Crippen MR) is 51.1 cm³/mol. The molecular formula is C10H21NO. The number of rotatable bonds is 3. The maximum Gasteiger partial charge on any atom is 0.0592 e. The van der Waals surface area contributed by atoms with E-state index >= 15 is 0 Å². The average Bonchev–Trinajstić information content (AvgIpc) is 2.09. The molecule has 2 atom stereocenters. The minimum absolute atomic E-state index is 0.0388. The molecule has 0 aliphatic carbocycles. The first kappa shape index (κ1) is 10.0. The molecule has 0 unspecified atom stereocenters. The molecule has 0 aromatic rings. The topological polar surface area (TPSA) is 23.5 Å². The van der Waals surface area contributed by atoms with Gasteiger partial charge in [-0.3, -0.25) is 0 Å². The summed E-state index contributed by atoms with van der Waals surface area (Å²) in [6.45, 7) is 7.77. The zero-order valence-corrected chi connectivity index (χ0v) is 8.29.